The summed E-state index contributed by atoms with van der Waals surface area (Å²) >= 11 is 0. The molecule has 0 spiro atoms. The predicted molar refractivity (Wildman–Crippen MR) is 129 cm³/mol. The first-order chi connectivity index (χ1) is 17.0. The molecule has 2 aromatic carbocycles. The first-order valence-electron chi connectivity index (χ1n) is 11.1. The highest BCUT2D eigenvalue weighted by atomic mass is 16.7. The fraction of sp³-hybridized carbons (Fsp3) is 0.185. The number of rotatable bonds is 8. The summed E-state index contributed by atoms with van der Waals surface area (Å²) in [4.78, 5) is 25.0. The first kappa shape index (κ1) is 22.3. The monoisotopic (exact) mass is 472 g/mol. The molecule has 0 saturated heterocycles. The Hall–Kier alpha value is -4.46. The Morgan fingerprint density at radius 2 is 1.80 bits per heavy atom. The average Bonchev–Trinajstić information content (AvgIpc) is 3.61. The molecular formula is C27H24N2O6. The number of amides is 1. The lowest BCUT2D eigenvalue weighted by Gasteiger charge is -2.11. The number of anilines is 1. The Morgan fingerprint density at radius 3 is 2.57 bits per heavy atom. The van der Waals surface area contributed by atoms with Crippen LogP contribution in [0.15, 0.2) is 71.3 Å². The smallest absolute Gasteiger partial charge is 0.291 e. The molecule has 0 fully saturated rings. The summed E-state index contributed by atoms with van der Waals surface area (Å²) in [6.07, 6.45) is 1.44. The van der Waals surface area contributed by atoms with Crippen molar-refractivity contribution < 1.29 is 28.2 Å². The zero-order valence-corrected chi connectivity index (χ0v) is 19.4. The second-order valence-corrected chi connectivity index (χ2v) is 8.23. The number of ketones is 1. The molecular weight excluding hydrogens is 448 g/mol. The molecule has 4 aromatic rings. The van der Waals surface area contributed by atoms with E-state index >= 15 is 0 Å². The predicted octanol–water partition coefficient (Wildman–Crippen LogP) is 4.99. The van der Waals surface area contributed by atoms with Crippen molar-refractivity contribution in [2.24, 2.45) is 0 Å². The van der Waals surface area contributed by atoms with Gasteiger partial charge in [-0.15, -0.1) is 0 Å². The van der Waals surface area contributed by atoms with Crippen LogP contribution in [0.5, 0.6) is 17.2 Å². The zero-order valence-electron chi connectivity index (χ0n) is 19.4. The number of carbonyl (C=O) groups excluding carboxylic acids is 2. The van der Waals surface area contributed by atoms with Crippen molar-refractivity contribution in [1.82, 2.24) is 4.57 Å². The lowest BCUT2D eigenvalue weighted by atomic mass is 10.1. The van der Waals surface area contributed by atoms with Gasteiger partial charge in [0.25, 0.3) is 5.91 Å². The minimum Gasteiger partial charge on any atom is -0.485 e. The van der Waals surface area contributed by atoms with Crippen LogP contribution in [0, 0.1) is 13.8 Å². The van der Waals surface area contributed by atoms with Crippen LogP contribution in [-0.2, 0) is 6.54 Å². The number of hydrogen-bond acceptors (Lipinski definition) is 6. The molecule has 1 N–H and O–H groups in total. The van der Waals surface area contributed by atoms with Gasteiger partial charge in [-0.3, -0.25) is 9.59 Å². The number of ether oxygens (including phenoxy) is 3. The molecule has 5 rings (SSSR count). The van der Waals surface area contributed by atoms with E-state index < -0.39 is 0 Å². The molecule has 0 bridgehead atoms. The Kier molecular flexibility index (Phi) is 6.01. The normalized spacial score (nSPS) is 11.9. The lowest BCUT2D eigenvalue weighted by molar-refractivity contribution is 0.0920. The van der Waals surface area contributed by atoms with Crippen molar-refractivity contribution in [2.75, 3.05) is 18.7 Å². The van der Waals surface area contributed by atoms with E-state index in [1.54, 1.807) is 36.4 Å². The number of hydrogen-bond donors (Lipinski definition) is 1. The van der Waals surface area contributed by atoms with Gasteiger partial charge in [0, 0.05) is 29.2 Å². The molecule has 3 heterocycles. The highest BCUT2D eigenvalue weighted by molar-refractivity contribution is 6.02. The van der Waals surface area contributed by atoms with Crippen LogP contribution < -0.4 is 19.5 Å². The van der Waals surface area contributed by atoms with Crippen LogP contribution in [0.2, 0.25) is 0 Å². The molecule has 1 aliphatic heterocycles. The fourth-order valence-corrected chi connectivity index (χ4v) is 4.01. The maximum atomic E-state index is 12.9. The van der Waals surface area contributed by atoms with E-state index in [1.165, 1.54) is 6.26 Å². The Labute approximate surface area is 202 Å². The van der Waals surface area contributed by atoms with Crippen LogP contribution in [0.3, 0.4) is 0 Å². The number of nitrogens with zero attached hydrogens (tertiary/aromatic N) is 1. The van der Waals surface area contributed by atoms with Gasteiger partial charge in [-0.1, -0.05) is 6.07 Å². The van der Waals surface area contributed by atoms with Crippen LogP contribution in [0.4, 0.5) is 5.69 Å². The molecule has 178 valence electrons. The highest BCUT2D eigenvalue weighted by Crippen LogP contribution is 2.33. The molecule has 0 aliphatic carbocycles. The maximum absolute atomic E-state index is 12.9. The van der Waals surface area contributed by atoms with Gasteiger partial charge in [0.15, 0.2) is 23.9 Å². The summed E-state index contributed by atoms with van der Waals surface area (Å²) in [5, 5.41) is 2.74. The molecule has 0 saturated carbocycles. The summed E-state index contributed by atoms with van der Waals surface area (Å²) in [5.41, 5.74) is 4.15. The van der Waals surface area contributed by atoms with Crippen molar-refractivity contribution in [1.29, 1.82) is 0 Å². The molecule has 8 heteroatoms. The summed E-state index contributed by atoms with van der Waals surface area (Å²) in [5.74, 6) is 1.80. The molecule has 0 radical (unpaired) electrons. The van der Waals surface area contributed by atoms with Gasteiger partial charge in [-0.05, 0) is 74.0 Å². The van der Waals surface area contributed by atoms with E-state index in [2.05, 4.69) is 9.88 Å². The largest absolute Gasteiger partial charge is 0.485 e. The zero-order chi connectivity index (χ0) is 24.4. The van der Waals surface area contributed by atoms with Crippen LogP contribution in [0.25, 0.3) is 0 Å². The molecule has 8 nitrogen and oxygen atoms in total. The minimum atomic E-state index is -0.338. The summed E-state index contributed by atoms with van der Waals surface area (Å²) in [6.45, 7) is 4.68. The van der Waals surface area contributed by atoms with Gasteiger partial charge in [0.1, 0.15) is 5.75 Å². The van der Waals surface area contributed by atoms with E-state index in [9.17, 15) is 9.59 Å². The third kappa shape index (κ3) is 4.77. The number of Topliss-reactive ketones (excluding diaryl/α,β-unsaturated/α-hetero) is 1. The van der Waals surface area contributed by atoms with Gasteiger partial charge >= 0.3 is 0 Å². The number of aryl methyl sites for hydroxylation is 1. The number of nitrogens with one attached hydrogen (secondary N) is 1. The van der Waals surface area contributed by atoms with Crippen LogP contribution in [-0.4, -0.2) is 29.7 Å². The first-order valence-corrected chi connectivity index (χ1v) is 11.1. The Balaban J connectivity index is 1.20. The van der Waals surface area contributed by atoms with Gasteiger partial charge in [-0.2, -0.15) is 0 Å². The van der Waals surface area contributed by atoms with E-state index in [0.717, 1.165) is 28.5 Å². The van der Waals surface area contributed by atoms with Crippen molar-refractivity contribution in [3.8, 4) is 17.2 Å². The van der Waals surface area contributed by atoms with Crippen molar-refractivity contribution in [3.63, 3.8) is 0 Å². The molecule has 1 aliphatic rings. The van der Waals surface area contributed by atoms with Crippen molar-refractivity contribution >= 4 is 17.4 Å². The standard InChI is InChI=1S/C27H24N2O6/c1-17-12-22(18(2)29(17)14-19-5-10-24-26(13-19)35-16-34-24)23(30)15-33-21-8-6-20(7-9-21)28-27(31)25-4-3-11-32-25/h3-13H,14-16H2,1-2H3,(H,28,31). The number of furan rings is 1. The molecule has 35 heavy (non-hydrogen) atoms. The topological polar surface area (TPSA) is 91.9 Å². The Bertz CT molecular complexity index is 1370. The highest BCUT2D eigenvalue weighted by Gasteiger charge is 2.18. The number of benzene rings is 2. The van der Waals surface area contributed by atoms with Gasteiger partial charge in [-0.25, -0.2) is 0 Å². The third-order valence-electron chi connectivity index (χ3n) is 5.88. The molecule has 0 atom stereocenters. The summed E-state index contributed by atoms with van der Waals surface area (Å²) in [7, 11) is 0. The number of aromatic nitrogens is 1. The van der Waals surface area contributed by atoms with Gasteiger partial charge in [0.05, 0.1) is 6.26 Å². The van der Waals surface area contributed by atoms with E-state index in [4.69, 9.17) is 18.6 Å². The second kappa shape index (κ2) is 9.42. The summed E-state index contributed by atoms with van der Waals surface area (Å²) < 4.78 is 23.7. The third-order valence-corrected chi connectivity index (χ3v) is 5.88. The number of fused-ring (bicyclic) bond motifs is 1. The average molecular weight is 472 g/mol. The van der Waals surface area contributed by atoms with Crippen LogP contribution >= 0.6 is 0 Å². The number of carbonyl (C=O) groups is 2. The quantitative estimate of drug-likeness (QED) is 0.363. The van der Waals surface area contributed by atoms with E-state index in [-0.39, 0.29) is 30.9 Å². The lowest BCUT2D eigenvalue weighted by Crippen LogP contribution is -2.13. The van der Waals surface area contributed by atoms with Crippen LogP contribution in [0.1, 0.15) is 37.9 Å². The van der Waals surface area contributed by atoms with Gasteiger partial charge in [0.2, 0.25) is 12.6 Å². The van der Waals surface area contributed by atoms with E-state index in [1.807, 2.05) is 38.1 Å². The Morgan fingerprint density at radius 1 is 1.00 bits per heavy atom. The van der Waals surface area contributed by atoms with Gasteiger partial charge < -0.3 is 28.5 Å². The van der Waals surface area contributed by atoms with E-state index in [0.29, 0.717) is 23.5 Å². The molecule has 0 unspecified atom stereocenters. The maximum Gasteiger partial charge on any atom is 0.291 e. The minimum absolute atomic E-state index is 0.0909. The SMILES string of the molecule is Cc1cc(C(=O)COc2ccc(NC(=O)c3ccco3)cc2)c(C)n1Cc1ccc2c(c1)OCO2. The fourth-order valence-electron chi connectivity index (χ4n) is 4.01. The molecule has 2 aromatic heterocycles. The molecule has 1 amide bonds. The summed E-state index contributed by atoms with van der Waals surface area (Å²) in [6, 6.07) is 17.8. The second-order valence-electron chi connectivity index (χ2n) is 8.23. The van der Waals surface area contributed by atoms with Crippen molar-refractivity contribution in [3.05, 3.63) is 95.2 Å². The van der Waals surface area contributed by atoms with Crippen molar-refractivity contribution in [2.45, 2.75) is 20.4 Å².